The summed E-state index contributed by atoms with van der Waals surface area (Å²) in [6.45, 7) is 0. The molecular weight excluding hydrogens is 350 g/mol. The number of ketones is 1. The zero-order chi connectivity index (χ0) is 16.4. The number of allylic oxidation sites excluding steroid dienone is 1. The molecule has 0 saturated heterocycles. The lowest BCUT2D eigenvalue weighted by atomic mass is 10.2. The highest BCUT2D eigenvalue weighted by Gasteiger charge is 2.27. The van der Waals surface area contributed by atoms with Crippen LogP contribution in [-0.4, -0.2) is 28.8 Å². The van der Waals surface area contributed by atoms with Gasteiger partial charge in [-0.05, 0) is 12.1 Å². The van der Waals surface area contributed by atoms with Crippen molar-refractivity contribution < 1.29 is 4.79 Å². The predicted molar refractivity (Wildman–Crippen MR) is 93.4 cm³/mol. The van der Waals surface area contributed by atoms with Gasteiger partial charge >= 0.3 is 0 Å². The fraction of sp³-hybridized carbons (Fsp3) is 0.143. The molecule has 2 aromatic rings. The number of rotatable bonds is 4. The highest BCUT2D eigenvalue weighted by molar-refractivity contribution is 8.04. The number of Topliss-reactive ketones (excluding diaryl/α,β-unsaturated/α-hetero) is 1. The summed E-state index contributed by atoms with van der Waals surface area (Å²) >= 11 is 3.90. The van der Waals surface area contributed by atoms with E-state index in [2.05, 4.69) is 10.2 Å². The third kappa shape index (κ3) is 3.19. The van der Waals surface area contributed by atoms with Crippen LogP contribution in [-0.2, 0) is 4.79 Å². The summed E-state index contributed by atoms with van der Waals surface area (Å²) in [4.78, 5) is 15.3. The number of nitrogens with zero attached hydrogens (tertiary/aromatic N) is 4. The Labute approximate surface area is 145 Å². The smallest absolute Gasteiger partial charge is 0.203 e. The molecule has 0 aliphatic carbocycles. The summed E-state index contributed by atoms with van der Waals surface area (Å²) in [5.41, 5.74) is 6.68. The number of anilines is 2. The second-order valence-electron chi connectivity index (χ2n) is 4.54. The second-order valence-corrected chi connectivity index (χ2v) is 7.80. The van der Waals surface area contributed by atoms with Crippen LogP contribution in [0.2, 0.25) is 0 Å². The van der Waals surface area contributed by atoms with Gasteiger partial charge in [0.05, 0.1) is 11.4 Å². The van der Waals surface area contributed by atoms with E-state index >= 15 is 0 Å². The fourth-order valence-electron chi connectivity index (χ4n) is 2.03. The molecule has 2 heterocycles. The topological polar surface area (TPSA) is 95.9 Å². The van der Waals surface area contributed by atoms with Gasteiger partial charge in [-0.25, -0.2) is 0 Å². The zero-order valence-electron chi connectivity index (χ0n) is 12.0. The molecule has 1 aliphatic heterocycles. The van der Waals surface area contributed by atoms with E-state index in [-0.39, 0.29) is 17.1 Å². The van der Waals surface area contributed by atoms with Crippen molar-refractivity contribution >= 4 is 51.5 Å². The highest BCUT2D eigenvalue weighted by atomic mass is 32.2. The molecule has 0 atom stereocenters. The zero-order valence-corrected chi connectivity index (χ0v) is 14.5. The van der Waals surface area contributed by atoms with E-state index < -0.39 is 0 Å². The van der Waals surface area contributed by atoms with Crippen LogP contribution < -0.4 is 10.6 Å². The van der Waals surface area contributed by atoms with E-state index in [1.165, 1.54) is 34.9 Å². The molecule has 23 heavy (non-hydrogen) atoms. The molecule has 0 saturated carbocycles. The molecule has 9 heteroatoms. The average Bonchev–Trinajstić information content (AvgIpc) is 3.11. The van der Waals surface area contributed by atoms with E-state index in [0.717, 1.165) is 10.6 Å². The van der Waals surface area contributed by atoms with Gasteiger partial charge in [0.2, 0.25) is 5.13 Å². The largest absolute Gasteiger partial charge is 0.374 e. The van der Waals surface area contributed by atoms with Crippen LogP contribution in [0.1, 0.15) is 0 Å². The van der Waals surface area contributed by atoms with Crippen LogP contribution in [0.5, 0.6) is 0 Å². The van der Waals surface area contributed by atoms with E-state index in [9.17, 15) is 10.1 Å². The van der Waals surface area contributed by atoms with Crippen molar-refractivity contribution in [1.82, 2.24) is 10.2 Å². The lowest BCUT2D eigenvalue weighted by Crippen LogP contribution is -2.16. The average molecular weight is 361 g/mol. The molecule has 0 unspecified atom stereocenters. The molecule has 0 spiro atoms. The van der Waals surface area contributed by atoms with Crippen molar-refractivity contribution in [3.8, 4) is 6.07 Å². The van der Waals surface area contributed by atoms with Crippen molar-refractivity contribution in [3.63, 3.8) is 0 Å². The SMILES string of the molecule is CN1C(=C(C#N)C(=O)CSc2nnc(N)s2)Sc2ccccc21. The van der Waals surface area contributed by atoms with Crippen LogP contribution in [0.3, 0.4) is 0 Å². The Morgan fingerprint density at radius 2 is 2.22 bits per heavy atom. The Hall–Kier alpha value is -2.02. The van der Waals surface area contributed by atoms with Gasteiger partial charge < -0.3 is 10.6 Å². The third-order valence-electron chi connectivity index (χ3n) is 3.09. The maximum Gasteiger partial charge on any atom is 0.203 e. The van der Waals surface area contributed by atoms with E-state index in [4.69, 9.17) is 5.73 Å². The number of carbonyl (C=O) groups is 1. The Morgan fingerprint density at radius 3 is 2.87 bits per heavy atom. The predicted octanol–water partition coefficient (Wildman–Crippen LogP) is 2.76. The minimum Gasteiger partial charge on any atom is -0.374 e. The molecule has 0 bridgehead atoms. The first kappa shape index (κ1) is 15.9. The molecule has 116 valence electrons. The third-order valence-corrected chi connectivity index (χ3v) is 6.21. The van der Waals surface area contributed by atoms with Gasteiger partial charge in [-0.15, -0.1) is 10.2 Å². The molecule has 0 radical (unpaired) electrons. The lowest BCUT2D eigenvalue weighted by molar-refractivity contribution is -0.112. The molecular formula is C14H11N5OS3. The first-order chi connectivity index (χ1) is 11.1. The number of nitriles is 1. The minimum absolute atomic E-state index is 0.131. The Bertz CT molecular complexity index is 839. The number of aromatic nitrogens is 2. The van der Waals surface area contributed by atoms with Gasteiger partial charge in [0, 0.05) is 11.9 Å². The van der Waals surface area contributed by atoms with Crippen molar-refractivity contribution in [2.24, 2.45) is 0 Å². The minimum atomic E-state index is -0.228. The molecule has 1 aromatic heterocycles. The Balaban J connectivity index is 1.80. The summed E-state index contributed by atoms with van der Waals surface area (Å²) in [5, 5.41) is 18.0. The molecule has 1 aromatic carbocycles. The number of thioether (sulfide) groups is 2. The first-order valence-electron chi connectivity index (χ1n) is 6.50. The molecule has 2 N–H and O–H groups in total. The second kappa shape index (κ2) is 6.62. The Morgan fingerprint density at radius 1 is 1.43 bits per heavy atom. The van der Waals surface area contributed by atoms with Crippen molar-refractivity contribution in [3.05, 3.63) is 34.9 Å². The summed E-state index contributed by atoms with van der Waals surface area (Å²) < 4.78 is 0.619. The van der Waals surface area contributed by atoms with Crippen LogP contribution in [0, 0.1) is 11.3 Å². The van der Waals surface area contributed by atoms with E-state index in [1.807, 2.05) is 42.3 Å². The van der Waals surface area contributed by atoms with E-state index in [0.29, 0.717) is 14.5 Å². The quantitative estimate of drug-likeness (QED) is 0.504. The molecule has 1 aliphatic rings. The molecule has 6 nitrogen and oxygen atoms in total. The van der Waals surface area contributed by atoms with Crippen molar-refractivity contribution in [1.29, 1.82) is 5.26 Å². The van der Waals surface area contributed by atoms with Gasteiger partial charge in [-0.2, -0.15) is 5.26 Å². The first-order valence-corrected chi connectivity index (χ1v) is 9.12. The van der Waals surface area contributed by atoms with Gasteiger partial charge in [-0.1, -0.05) is 47.0 Å². The summed E-state index contributed by atoms with van der Waals surface area (Å²) in [6, 6.07) is 9.86. The summed E-state index contributed by atoms with van der Waals surface area (Å²) in [5.74, 6) is -0.0976. The molecule has 0 amide bonds. The number of benzene rings is 1. The fourth-order valence-corrected chi connectivity index (χ4v) is 4.70. The van der Waals surface area contributed by atoms with Crippen LogP contribution >= 0.6 is 34.9 Å². The maximum absolute atomic E-state index is 12.4. The van der Waals surface area contributed by atoms with E-state index in [1.54, 1.807) is 0 Å². The highest BCUT2D eigenvalue weighted by Crippen LogP contribution is 2.46. The van der Waals surface area contributed by atoms with Gasteiger partial charge in [-0.3, -0.25) is 4.79 Å². The number of hydrogen-bond acceptors (Lipinski definition) is 9. The summed E-state index contributed by atoms with van der Waals surface area (Å²) in [7, 11) is 1.86. The number of hydrogen-bond donors (Lipinski definition) is 1. The number of carbonyl (C=O) groups excluding carboxylic acids is 1. The number of para-hydroxylation sites is 1. The van der Waals surface area contributed by atoms with Crippen LogP contribution in [0.4, 0.5) is 10.8 Å². The van der Waals surface area contributed by atoms with Crippen molar-refractivity contribution in [2.45, 2.75) is 9.24 Å². The summed E-state index contributed by atoms with van der Waals surface area (Å²) in [6.07, 6.45) is 0. The van der Waals surface area contributed by atoms with Crippen molar-refractivity contribution in [2.75, 3.05) is 23.4 Å². The monoisotopic (exact) mass is 361 g/mol. The number of nitrogens with two attached hydrogens (primary N) is 1. The lowest BCUT2D eigenvalue weighted by Gasteiger charge is -2.14. The standard InChI is InChI=1S/C14H11N5OS3/c1-19-9-4-2-3-5-11(9)22-12(19)8(6-15)10(20)7-21-14-18-17-13(16)23-14/h2-5H,7H2,1H3,(H2,16,17). The van der Waals surface area contributed by atoms with Gasteiger partial charge in [0.25, 0.3) is 0 Å². The van der Waals surface area contributed by atoms with Gasteiger partial charge in [0.15, 0.2) is 10.1 Å². The molecule has 0 fully saturated rings. The number of fused-ring (bicyclic) bond motifs is 1. The molecule has 3 rings (SSSR count). The van der Waals surface area contributed by atoms with Gasteiger partial charge in [0.1, 0.15) is 16.7 Å². The Kier molecular flexibility index (Phi) is 4.56. The van der Waals surface area contributed by atoms with Crippen LogP contribution in [0.25, 0.3) is 0 Å². The number of nitrogen functional groups attached to an aromatic ring is 1. The normalized spacial score (nSPS) is 15.2. The maximum atomic E-state index is 12.4. The van der Waals surface area contributed by atoms with Crippen LogP contribution in [0.15, 0.2) is 44.1 Å².